The van der Waals surface area contributed by atoms with Crippen molar-refractivity contribution in [3.05, 3.63) is 77.3 Å². The van der Waals surface area contributed by atoms with Crippen LogP contribution in [-0.2, 0) is 14.3 Å². The number of nitrogens with one attached hydrogen (secondary N) is 2. The van der Waals surface area contributed by atoms with Crippen LogP contribution in [-0.4, -0.2) is 30.1 Å². The van der Waals surface area contributed by atoms with Crippen LogP contribution in [0.2, 0.25) is 0 Å². The SMILES string of the molecule is CCOC(=O)c1c(NC(=O)/C=C2\NC(=O)CS2)sc(N=Nc2ccccc2)c1-c1ccccc1. The van der Waals surface area contributed by atoms with Crippen molar-refractivity contribution >= 4 is 56.6 Å². The molecule has 0 saturated carbocycles. The summed E-state index contributed by atoms with van der Waals surface area (Å²) in [5, 5.41) is 15.3. The Morgan fingerprint density at radius 3 is 2.44 bits per heavy atom. The van der Waals surface area contributed by atoms with E-state index in [0.717, 1.165) is 16.9 Å². The molecule has 8 nitrogen and oxygen atoms in total. The maximum atomic E-state index is 13.0. The smallest absolute Gasteiger partial charge is 0.341 e. The summed E-state index contributed by atoms with van der Waals surface area (Å²) in [7, 11) is 0. The average molecular weight is 493 g/mol. The van der Waals surface area contributed by atoms with Crippen LogP contribution in [0.4, 0.5) is 15.7 Å². The maximum Gasteiger partial charge on any atom is 0.341 e. The molecule has 1 saturated heterocycles. The summed E-state index contributed by atoms with van der Waals surface area (Å²) in [6.07, 6.45) is 1.29. The van der Waals surface area contributed by atoms with Gasteiger partial charge >= 0.3 is 5.97 Å². The highest BCUT2D eigenvalue weighted by Crippen LogP contribution is 2.47. The number of nitrogens with zero attached hydrogens (tertiary/aromatic N) is 2. The van der Waals surface area contributed by atoms with Crippen molar-refractivity contribution in [3.63, 3.8) is 0 Å². The maximum absolute atomic E-state index is 13.0. The second kappa shape index (κ2) is 10.9. The van der Waals surface area contributed by atoms with E-state index in [2.05, 4.69) is 20.9 Å². The number of carbonyl (C=O) groups is 3. The Bertz CT molecular complexity index is 1270. The van der Waals surface area contributed by atoms with Gasteiger partial charge in [0.1, 0.15) is 15.6 Å². The van der Waals surface area contributed by atoms with Gasteiger partial charge in [-0.1, -0.05) is 71.6 Å². The lowest BCUT2D eigenvalue weighted by molar-refractivity contribution is -0.117. The van der Waals surface area contributed by atoms with Crippen molar-refractivity contribution in [2.75, 3.05) is 17.7 Å². The van der Waals surface area contributed by atoms with Crippen molar-refractivity contribution in [1.82, 2.24) is 5.32 Å². The molecule has 2 amide bonds. The molecule has 0 atom stereocenters. The molecule has 172 valence electrons. The number of ether oxygens (including phenoxy) is 1. The van der Waals surface area contributed by atoms with Gasteiger partial charge in [-0.2, -0.15) is 0 Å². The second-order valence-electron chi connectivity index (χ2n) is 6.94. The van der Waals surface area contributed by atoms with Gasteiger partial charge in [-0.15, -0.1) is 10.2 Å². The monoisotopic (exact) mass is 492 g/mol. The first kappa shape index (κ1) is 23.4. The predicted octanol–water partition coefficient (Wildman–Crippen LogP) is 5.65. The third-order valence-electron chi connectivity index (χ3n) is 4.56. The van der Waals surface area contributed by atoms with Gasteiger partial charge in [-0.3, -0.25) is 9.59 Å². The van der Waals surface area contributed by atoms with E-state index < -0.39 is 11.9 Å². The molecule has 34 heavy (non-hydrogen) atoms. The van der Waals surface area contributed by atoms with Crippen LogP contribution in [0.1, 0.15) is 17.3 Å². The third-order valence-corrected chi connectivity index (χ3v) is 6.49. The van der Waals surface area contributed by atoms with Crippen LogP contribution in [0, 0.1) is 0 Å². The zero-order chi connectivity index (χ0) is 23.9. The Morgan fingerprint density at radius 1 is 1.09 bits per heavy atom. The summed E-state index contributed by atoms with van der Waals surface area (Å²) in [4.78, 5) is 37.1. The molecule has 1 aliphatic rings. The Hall–Kier alpha value is -3.76. The molecule has 0 spiro atoms. The highest BCUT2D eigenvalue weighted by molar-refractivity contribution is 8.04. The summed E-state index contributed by atoms with van der Waals surface area (Å²) < 4.78 is 5.30. The van der Waals surface area contributed by atoms with E-state index in [0.29, 0.717) is 21.3 Å². The number of hydrogen-bond acceptors (Lipinski definition) is 8. The zero-order valence-electron chi connectivity index (χ0n) is 18.1. The summed E-state index contributed by atoms with van der Waals surface area (Å²) in [5.74, 6) is -0.968. The molecule has 3 aromatic rings. The number of amides is 2. The fraction of sp³-hybridized carbons (Fsp3) is 0.125. The molecule has 0 bridgehead atoms. The average Bonchev–Trinajstić information content (AvgIpc) is 3.41. The molecule has 1 aromatic heterocycles. The van der Waals surface area contributed by atoms with Gasteiger partial charge < -0.3 is 15.4 Å². The lowest BCUT2D eigenvalue weighted by Crippen LogP contribution is -2.17. The Balaban J connectivity index is 1.78. The van der Waals surface area contributed by atoms with Crippen LogP contribution >= 0.6 is 23.1 Å². The van der Waals surface area contributed by atoms with Crippen molar-refractivity contribution in [2.45, 2.75) is 6.92 Å². The Labute approximate surface area is 204 Å². The minimum Gasteiger partial charge on any atom is -0.462 e. The minimum absolute atomic E-state index is 0.164. The number of esters is 1. The van der Waals surface area contributed by atoms with E-state index in [1.807, 2.05) is 60.7 Å². The molecule has 10 heteroatoms. The van der Waals surface area contributed by atoms with Gasteiger partial charge in [0.15, 0.2) is 0 Å². The van der Waals surface area contributed by atoms with E-state index >= 15 is 0 Å². The molecule has 1 aliphatic heterocycles. The van der Waals surface area contributed by atoms with Crippen LogP contribution in [0.15, 0.2) is 82.0 Å². The predicted molar refractivity (Wildman–Crippen MR) is 134 cm³/mol. The highest BCUT2D eigenvalue weighted by Gasteiger charge is 2.27. The number of thiophene rings is 1. The number of hydrogen-bond donors (Lipinski definition) is 2. The molecule has 2 N–H and O–H groups in total. The van der Waals surface area contributed by atoms with Crippen molar-refractivity contribution in [3.8, 4) is 11.1 Å². The van der Waals surface area contributed by atoms with Crippen LogP contribution in [0.3, 0.4) is 0 Å². The van der Waals surface area contributed by atoms with Crippen LogP contribution in [0.5, 0.6) is 0 Å². The summed E-state index contributed by atoms with van der Waals surface area (Å²) in [6.45, 7) is 1.88. The lowest BCUT2D eigenvalue weighted by atomic mass is 10.0. The zero-order valence-corrected chi connectivity index (χ0v) is 19.7. The molecule has 0 radical (unpaired) electrons. The van der Waals surface area contributed by atoms with Crippen molar-refractivity contribution in [1.29, 1.82) is 0 Å². The van der Waals surface area contributed by atoms with E-state index in [9.17, 15) is 14.4 Å². The third kappa shape index (κ3) is 5.59. The van der Waals surface area contributed by atoms with Gasteiger partial charge in [-0.05, 0) is 24.6 Å². The van der Waals surface area contributed by atoms with E-state index in [1.54, 1.807) is 6.92 Å². The van der Waals surface area contributed by atoms with Gasteiger partial charge in [0, 0.05) is 11.6 Å². The van der Waals surface area contributed by atoms with Crippen molar-refractivity contribution < 1.29 is 19.1 Å². The Kier molecular flexibility index (Phi) is 7.51. The van der Waals surface area contributed by atoms with Gasteiger partial charge in [0.2, 0.25) is 5.91 Å². The number of rotatable bonds is 7. The van der Waals surface area contributed by atoms with Crippen molar-refractivity contribution in [2.24, 2.45) is 10.2 Å². The quantitative estimate of drug-likeness (QED) is 0.252. The summed E-state index contributed by atoms with van der Waals surface area (Å²) in [5.41, 5.74) is 2.11. The fourth-order valence-corrected chi connectivity index (χ4v) is 4.91. The molecule has 2 aromatic carbocycles. The molecule has 0 unspecified atom stereocenters. The standard InChI is InChI=1S/C24H20N4O4S2/c1-2-32-24(31)21-20(15-9-5-3-6-10-15)23(28-27-16-11-7-4-8-12-16)34-22(21)26-17(29)13-19-25-18(30)14-33-19/h3-13H,2,14H2,1H3,(H,25,30)(H,26,29)/b19-13+,28-27?. The second-order valence-corrected chi connectivity index (χ2v) is 8.96. The lowest BCUT2D eigenvalue weighted by Gasteiger charge is -2.08. The molecule has 0 aliphatic carbocycles. The Morgan fingerprint density at radius 2 is 1.79 bits per heavy atom. The molecule has 1 fully saturated rings. The van der Waals surface area contributed by atoms with Crippen LogP contribution < -0.4 is 10.6 Å². The molecule has 4 rings (SSSR count). The highest BCUT2D eigenvalue weighted by atomic mass is 32.2. The number of thioether (sulfide) groups is 1. The normalized spacial score (nSPS) is 14.4. The number of carbonyl (C=O) groups excluding carboxylic acids is 3. The number of anilines is 1. The molecule has 2 heterocycles. The minimum atomic E-state index is -0.578. The molecular formula is C24H20N4O4S2. The topological polar surface area (TPSA) is 109 Å². The van der Waals surface area contributed by atoms with Gasteiger partial charge in [0.05, 0.1) is 23.1 Å². The van der Waals surface area contributed by atoms with E-state index in [-0.39, 0.29) is 28.8 Å². The van der Waals surface area contributed by atoms with Gasteiger partial charge in [0.25, 0.3) is 5.91 Å². The first-order chi connectivity index (χ1) is 16.5. The fourth-order valence-electron chi connectivity index (χ4n) is 3.14. The summed E-state index contributed by atoms with van der Waals surface area (Å²) in [6, 6.07) is 18.5. The number of benzene rings is 2. The summed E-state index contributed by atoms with van der Waals surface area (Å²) >= 11 is 2.36. The van der Waals surface area contributed by atoms with E-state index in [1.165, 1.54) is 17.8 Å². The first-order valence-corrected chi connectivity index (χ1v) is 12.2. The molecular weight excluding hydrogens is 472 g/mol. The first-order valence-electron chi connectivity index (χ1n) is 10.4. The number of azo groups is 1. The largest absolute Gasteiger partial charge is 0.462 e. The van der Waals surface area contributed by atoms with E-state index in [4.69, 9.17) is 4.74 Å². The van der Waals surface area contributed by atoms with Gasteiger partial charge in [-0.25, -0.2) is 4.79 Å². The van der Waals surface area contributed by atoms with Crippen LogP contribution in [0.25, 0.3) is 11.1 Å².